The first kappa shape index (κ1) is 12.4. The van der Waals surface area contributed by atoms with Gasteiger partial charge < -0.3 is 10.7 Å². The van der Waals surface area contributed by atoms with E-state index in [2.05, 4.69) is 11.1 Å². The van der Waals surface area contributed by atoms with Gasteiger partial charge in [-0.05, 0) is 43.5 Å². The number of allylic oxidation sites excluding steroid dienone is 1. The van der Waals surface area contributed by atoms with E-state index in [4.69, 9.17) is 11.0 Å². The van der Waals surface area contributed by atoms with Crippen LogP contribution < -0.4 is 5.73 Å². The highest BCUT2D eigenvalue weighted by Gasteiger charge is 2.14. The van der Waals surface area contributed by atoms with Crippen molar-refractivity contribution in [2.75, 3.05) is 0 Å². The van der Waals surface area contributed by atoms with E-state index in [1.54, 1.807) is 6.08 Å². The SMILES string of the molecule is CC(C)(N)Cc1c[nH]c2cc(C=CC#N)ccc12. The molecule has 1 aromatic carbocycles. The van der Waals surface area contributed by atoms with Crippen molar-refractivity contribution in [3.05, 3.63) is 41.6 Å². The van der Waals surface area contributed by atoms with E-state index in [0.29, 0.717) is 0 Å². The van der Waals surface area contributed by atoms with Gasteiger partial charge in [-0.15, -0.1) is 0 Å². The van der Waals surface area contributed by atoms with Gasteiger partial charge in [-0.1, -0.05) is 12.1 Å². The predicted octanol–water partition coefficient (Wildman–Crippen LogP) is 2.98. The molecule has 1 heterocycles. The van der Waals surface area contributed by atoms with Crippen molar-refractivity contribution in [3.8, 4) is 6.07 Å². The number of fused-ring (bicyclic) bond motifs is 1. The lowest BCUT2D eigenvalue weighted by Gasteiger charge is -2.17. The van der Waals surface area contributed by atoms with Crippen molar-refractivity contribution < 1.29 is 0 Å². The first-order valence-corrected chi connectivity index (χ1v) is 5.95. The standard InChI is InChI=1S/C15H17N3/c1-15(2,17)9-12-10-18-14-8-11(4-3-7-16)5-6-13(12)14/h3-6,8,10,18H,9,17H2,1-2H3. The summed E-state index contributed by atoms with van der Waals surface area (Å²) in [6.07, 6.45) is 6.12. The number of nitriles is 1. The molecule has 2 rings (SSSR count). The lowest BCUT2D eigenvalue weighted by atomic mass is 9.96. The summed E-state index contributed by atoms with van der Waals surface area (Å²) < 4.78 is 0. The Balaban J connectivity index is 2.38. The fourth-order valence-corrected chi connectivity index (χ4v) is 2.08. The summed E-state index contributed by atoms with van der Waals surface area (Å²) in [6.45, 7) is 4.05. The maximum Gasteiger partial charge on any atom is 0.0912 e. The molecule has 0 saturated heterocycles. The predicted molar refractivity (Wildman–Crippen MR) is 74.9 cm³/mol. The quantitative estimate of drug-likeness (QED) is 0.809. The zero-order valence-corrected chi connectivity index (χ0v) is 10.7. The molecule has 0 unspecified atom stereocenters. The largest absolute Gasteiger partial charge is 0.361 e. The minimum absolute atomic E-state index is 0.214. The minimum Gasteiger partial charge on any atom is -0.361 e. The van der Waals surface area contributed by atoms with Crippen LogP contribution in [0.1, 0.15) is 25.0 Å². The fraction of sp³-hybridized carbons (Fsp3) is 0.267. The second-order valence-corrected chi connectivity index (χ2v) is 5.25. The van der Waals surface area contributed by atoms with Crippen LogP contribution in [0.5, 0.6) is 0 Å². The van der Waals surface area contributed by atoms with E-state index >= 15 is 0 Å². The molecule has 0 aliphatic rings. The van der Waals surface area contributed by atoms with Gasteiger partial charge in [0.25, 0.3) is 0 Å². The van der Waals surface area contributed by atoms with Gasteiger partial charge in [0.1, 0.15) is 0 Å². The number of hydrogen-bond acceptors (Lipinski definition) is 2. The van der Waals surface area contributed by atoms with E-state index in [-0.39, 0.29) is 5.54 Å². The monoisotopic (exact) mass is 239 g/mol. The molecule has 0 radical (unpaired) electrons. The summed E-state index contributed by atoms with van der Waals surface area (Å²) in [5.74, 6) is 0. The van der Waals surface area contributed by atoms with Crippen molar-refractivity contribution in [1.29, 1.82) is 5.26 Å². The molecule has 3 N–H and O–H groups in total. The number of aromatic nitrogens is 1. The Hall–Kier alpha value is -2.05. The molecule has 92 valence electrons. The van der Waals surface area contributed by atoms with Crippen LogP contribution in [-0.4, -0.2) is 10.5 Å². The summed E-state index contributed by atoms with van der Waals surface area (Å²) in [5.41, 5.74) is 9.16. The summed E-state index contributed by atoms with van der Waals surface area (Å²) >= 11 is 0. The Morgan fingerprint density at radius 3 is 2.89 bits per heavy atom. The molecule has 0 spiro atoms. The molecule has 1 aromatic heterocycles. The maximum atomic E-state index is 8.51. The number of benzene rings is 1. The normalized spacial score (nSPS) is 12.1. The molecule has 18 heavy (non-hydrogen) atoms. The molecular weight excluding hydrogens is 222 g/mol. The van der Waals surface area contributed by atoms with Crippen molar-refractivity contribution in [3.63, 3.8) is 0 Å². The Labute approximate surface area is 107 Å². The van der Waals surface area contributed by atoms with Crippen molar-refractivity contribution in [1.82, 2.24) is 4.98 Å². The van der Waals surface area contributed by atoms with Gasteiger partial charge in [-0.3, -0.25) is 0 Å². The molecular formula is C15H17N3. The Bertz CT molecular complexity index is 621. The molecule has 0 bridgehead atoms. The minimum atomic E-state index is -0.214. The third-order valence-corrected chi connectivity index (χ3v) is 2.79. The maximum absolute atomic E-state index is 8.51. The molecule has 3 nitrogen and oxygen atoms in total. The molecule has 0 saturated carbocycles. The number of nitrogens with zero attached hydrogens (tertiary/aromatic N) is 1. The highest BCUT2D eigenvalue weighted by molar-refractivity contribution is 5.85. The van der Waals surface area contributed by atoms with Gasteiger partial charge >= 0.3 is 0 Å². The topological polar surface area (TPSA) is 65.6 Å². The number of rotatable bonds is 3. The third-order valence-electron chi connectivity index (χ3n) is 2.79. The molecule has 0 atom stereocenters. The average Bonchev–Trinajstić information content (AvgIpc) is 2.67. The Morgan fingerprint density at radius 2 is 2.22 bits per heavy atom. The highest BCUT2D eigenvalue weighted by Crippen LogP contribution is 2.23. The number of aromatic amines is 1. The fourth-order valence-electron chi connectivity index (χ4n) is 2.08. The second kappa shape index (κ2) is 4.67. The molecule has 0 aliphatic carbocycles. The van der Waals surface area contributed by atoms with Gasteiger partial charge in [0.15, 0.2) is 0 Å². The van der Waals surface area contributed by atoms with Crippen LogP contribution in [0.2, 0.25) is 0 Å². The van der Waals surface area contributed by atoms with E-state index in [9.17, 15) is 0 Å². The lowest BCUT2D eigenvalue weighted by Crippen LogP contribution is -2.34. The molecule has 0 aliphatic heterocycles. The van der Waals surface area contributed by atoms with Crippen LogP contribution in [0.4, 0.5) is 0 Å². The Morgan fingerprint density at radius 1 is 1.44 bits per heavy atom. The van der Waals surface area contributed by atoms with Crippen LogP contribution in [-0.2, 0) is 6.42 Å². The van der Waals surface area contributed by atoms with Crippen LogP contribution in [0.15, 0.2) is 30.5 Å². The summed E-state index contributed by atoms with van der Waals surface area (Å²) in [5, 5.41) is 9.71. The number of nitrogens with one attached hydrogen (secondary N) is 1. The van der Waals surface area contributed by atoms with Crippen molar-refractivity contribution >= 4 is 17.0 Å². The molecule has 2 aromatic rings. The van der Waals surface area contributed by atoms with Crippen LogP contribution in [0.25, 0.3) is 17.0 Å². The Kier molecular flexibility index (Phi) is 3.22. The van der Waals surface area contributed by atoms with E-state index < -0.39 is 0 Å². The number of H-pyrrole nitrogens is 1. The summed E-state index contributed by atoms with van der Waals surface area (Å²) in [4.78, 5) is 3.26. The number of hydrogen-bond donors (Lipinski definition) is 2. The van der Waals surface area contributed by atoms with E-state index in [1.807, 2.05) is 38.2 Å². The second-order valence-electron chi connectivity index (χ2n) is 5.25. The van der Waals surface area contributed by atoms with Crippen LogP contribution >= 0.6 is 0 Å². The average molecular weight is 239 g/mol. The highest BCUT2D eigenvalue weighted by atomic mass is 14.7. The van der Waals surface area contributed by atoms with Gasteiger partial charge in [0.2, 0.25) is 0 Å². The zero-order valence-electron chi connectivity index (χ0n) is 10.7. The summed E-state index contributed by atoms with van der Waals surface area (Å²) in [6, 6.07) is 8.12. The third kappa shape index (κ3) is 2.79. The van der Waals surface area contributed by atoms with Crippen molar-refractivity contribution in [2.45, 2.75) is 25.8 Å². The van der Waals surface area contributed by atoms with Gasteiger partial charge in [-0.25, -0.2) is 0 Å². The van der Waals surface area contributed by atoms with Crippen molar-refractivity contribution in [2.24, 2.45) is 5.73 Å². The zero-order chi connectivity index (χ0) is 13.2. The van der Waals surface area contributed by atoms with Gasteiger partial charge in [-0.2, -0.15) is 5.26 Å². The van der Waals surface area contributed by atoms with E-state index in [0.717, 1.165) is 17.5 Å². The summed E-state index contributed by atoms with van der Waals surface area (Å²) in [7, 11) is 0. The first-order chi connectivity index (χ1) is 8.49. The smallest absolute Gasteiger partial charge is 0.0912 e. The van der Waals surface area contributed by atoms with E-state index in [1.165, 1.54) is 17.0 Å². The first-order valence-electron chi connectivity index (χ1n) is 5.95. The molecule has 3 heteroatoms. The van der Waals surface area contributed by atoms with Crippen LogP contribution in [0, 0.1) is 11.3 Å². The lowest BCUT2D eigenvalue weighted by molar-refractivity contribution is 0.518. The molecule has 0 amide bonds. The molecule has 0 fully saturated rings. The van der Waals surface area contributed by atoms with Gasteiger partial charge in [0.05, 0.1) is 6.07 Å². The van der Waals surface area contributed by atoms with Gasteiger partial charge in [0, 0.05) is 28.7 Å². The number of nitrogens with two attached hydrogens (primary N) is 1. The van der Waals surface area contributed by atoms with Crippen LogP contribution in [0.3, 0.4) is 0 Å².